The Morgan fingerprint density at radius 2 is 2.05 bits per heavy atom. The number of carbonyl (C=O) groups excluding carboxylic acids is 1. The second-order valence-electron chi connectivity index (χ2n) is 5.89. The Bertz CT molecular complexity index is 596. The van der Waals surface area contributed by atoms with Crippen LogP contribution in [0.2, 0.25) is 0 Å². The number of aromatic nitrogens is 1. The number of hydrogen-bond donors (Lipinski definition) is 0. The van der Waals surface area contributed by atoms with Gasteiger partial charge in [-0.25, -0.2) is 4.98 Å². The predicted octanol–water partition coefficient (Wildman–Crippen LogP) is 2.99. The van der Waals surface area contributed by atoms with Crippen LogP contribution in [0.1, 0.15) is 19.3 Å². The molecule has 1 amide bonds. The van der Waals surface area contributed by atoms with Crippen LogP contribution in [0.15, 0.2) is 24.3 Å². The van der Waals surface area contributed by atoms with Crippen molar-refractivity contribution >= 4 is 32.6 Å². The van der Waals surface area contributed by atoms with E-state index in [0.29, 0.717) is 12.3 Å². The molecule has 0 atom stereocenters. The van der Waals surface area contributed by atoms with Gasteiger partial charge in [0.25, 0.3) is 0 Å². The first-order valence-corrected chi connectivity index (χ1v) is 8.26. The normalized spacial score (nSPS) is 16.4. The first-order valence-electron chi connectivity index (χ1n) is 7.44. The van der Waals surface area contributed by atoms with Crippen molar-refractivity contribution in [2.45, 2.75) is 19.3 Å². The van der Waals surface area contributed by atoms with E-state index in [1.54, 1.807) is 16.2 Å². The fourth-order valence-electron chi connectivity index (χ4n) is 2.75. The molecular weight excluding hydrogens is 282 g/mol. The van der Waals surface area contributed by atoms with Gasteiger partial charge >= 0.3 is 0 Å². The molecule has 0 unspecified atom stereocenters. The molecule has 0 aliphatic carbocycles. The molecule has 4 nitrogen and oxygen atoms in total. The van der Waals surface area contributed by atoms with Gasteiger partial charge in [0.1, 0.15) is 0 Å². The highest BCUT2D eigenvalue weighted by Crippen LogP contribution is 2.32. The Morgan fingerprint density at radius 1 is 1.33 bits per heavy atom. The van der Waals surface area contributed by atoms with E-state index in [1.165, 1.54) is 4.70 Å². The molecule has 1 aliphatic heterocycles. The summed E-state index contributed by atoms with van der Waals surface area (Å²) in [5, 5.41) is 1.12. The van der Waals surface area contributed by atoms with Crippen molar-refractivity contribution in [2.24, 2.45) is 5.92 Å². The van der Waals surface area contributed by atoms with E-state index in [2.05, 4.69) is 23.1 Å². The highest BCUT2D eigenvalue weighted by molar-refractivity contribution is 7.22. The van der Waals surface area contributed by atoms with Crippen molar-refractivity contribution < 1.29 is 4.79 Å². The van der Waals surface area contributed by atoms with Crippen molar-refractivity contribution in [3.63, 3.8) is 0 Å². The number of rotatable bonds is 3. The van der Waals surface area contributed by atoms with E-state index in [1.807, 2.05) is 20.2 Å². The third kappa shape index (κ3) is 3.18. The van der Waals surface area contributed by atoms with E-state index >= 15 is 0 Å². The molecule has 5 heteroatoms. The lowest BCUT2D eigenvalue weighted by Gasteiger charge is -2.31. The zero-order valence-electron chi connectivity index (χ0n) is 12.6. The monoisotopic (exact) mass is 303 g/mol. The first kappa shape index (κ1) is 14.3. The van der Waals surface area contributed by atoms with Gasteiger partial charge in [-0.05, 0) is 30.9 Å². The summed E-state index contributed by atoms with van der Waals surface area (Å²) < 4.78 is 1.25. The topological polar surface area (TPSA) is 36.4 Å². The van der Waals surface area contributed by atoms with E-state index in [0.717, 1.165) is 36.6 Å². The maximum Gasteiger partial charge on any atom is 0.222 e. The maximum absolute atomic E-state index is 11.8. The summed E-state index contributed by atoms with van der Waals surface area (Å²) in [6.07, 6.45) is 2.84. The van der Waals surface area contributed by atoms with Gasteiger partial charge in [-0.1, -0.05) is 23.5 Å². The van der Waals surface area contributed by atoms with Gasteiger partial charge in [0, 0.05) is 33.6 Å². The molecule has 0 spiro atoms. The number of hydrogen-bond acceptors (Lipinski definition) is 4. The molecule has 1 aromatic heterocycles. The number of fused-ring (bicyclic) bond motifs is 1. The molecule has 112 valence electrons. The highest BCUT2D eigenvalue weighted by Gasteiger charge is 2.23. The number of benzene rings is 1. The van der Waals surface area contributed by atoms with Crippen molar-refractivity contribution in [2.75, 3.05) is 32.1 Å². The van der Waals surface area contributed by atoms with Crippen LogP contribution in [-0.4, -0.2) is 43.0 Å². The summed E-state index contributed by atoms with van der Waals surface area (Å²) in [4.78, 5) is 20.6. The standard InChI is InChI=1S/C16H21N3OS/c1-18(2)15(20)11-12-7-9-19(10-8-12)16-17-13-5-3-4-6-14(13)21-16/h3-6,12H,7-11H2,1-2H3. The number of thiazole rings is 1. The lowest BCUT2D eigenvalue weighted by molar-refractivity contribution is -0.129. The van der Waals surface area contributed by atoms with E-state index in [-0.39, 0.29) is 5.91 Å². The van der Waals surface area contributed by atoms with Crippen LogP contribution in [0.5, 0.6) is 0 Å². The Labute approximate surface area is 129 Å². The number of carbonyl (C=O) groups is 1. The summed E-state index contributed by atoms with van der Waals surface area (Å²) in [5.74, 6) is 0.763. The van der Waals surface area contributed by atoms with Gasteiger partial charge in [0.05, 0.1) is 10.2 Å². The van der Waals surface area contributed by atoms with Crippen molar-refractivity contribution in [1.29, 1.82) is 0 Å². The largest absolute Gasteiger partial charge is 0.349 e. The summed E-state index contributed by atoms with van der Waals surface area (Å²) in [7, 11) is 3.66. The van der Waals surface area contributed by atoms with Gasteiger partial charge in [-0.3, -0.25) is 4.79 Å². The highest BCUT2D eigenvalue weighted by atomic mass is 32.1. The lowest BCUT2D eigenvalue weighted by Crippen LogP contribution is -2.35. The molecule has 1 aliphatic rings. The fourth-order valence-corrected chi connectivity index (χ4v) is 3.77. The second-order valence-corrected chi connectivity index (χ2v) is 6.90. The molecule has 2 heterocycles. The molecule has 0 bridgehead atoms. The summed E-state index contributed by atoms with van der Waals surface area (Å²) in [6, 6.07) is 8.28. The third-order valence-electron chi connectivity index (χ3n) is 4.13. The number of piperidine rings is 1. The quantitative estimate of drug-likeness (QED) is 0.874. The number of nitrogens with zero attached hydrogens (tertiary/aromatic N) is 3. The Morgan fingerprint density at radius 3 is 2.71 bits per heavy atom. The summed E-state index contributed by atoms with van der Waals surface area (Å²) in [6.45, 7) is 2.01. The zero-order chi connectivity index (χ0) is 14.8. The zero-order valence-corrected chi connectivity index (χ0v) is 13.4. The summed E-state index contributed by atoms with van der Waals surface area (Å²) >= 11 is 1.76. The van der Waals surface area contributed by atoms with E-state index < -0.39 is 0 Å². The van der Waals surface area contributed by atoms with Gasteiger partial charge in [0.15, 0.2) is 5.13 Å². The molecule has 21 heavy (non-hydrogen) atoms. The van der Waals surface area contributed by atoms with Gasteiger partial charge in [0.2, 0.25) is 5.91 Å². The molecule has 1 fully saturated rings. The minimum Gasteiger partial charge on any atom is -0.349 e. The maximum atomic E-state index is 11.8. The van der Waals surface area contributed by atoms with Crippen LogP contribution in [0.25, 0.3) is 10.2 Å². The second kappa shape index (κ2) is 6.02. The number of para-hydroxylation sites is 1. The lowest BCUT2D eigenvalue weighted by atomic mass is 9.93. The molecule has 0 saturated carbocycles. The van der Waals surface area contributed by atoms with Crippen LogP contribution in [0.3, 0.4) is 0 Å². The predicted molar refractivity (Wildman–Crippen MR) is 87.9 cm³/mol. The molecular formula is C16H21N3OS. The minimum atomic E-state index is 0.244. The van der Waals surface area contributed by atoms with E-state index in [9.17, 15) is 4.79 Å². The van der Waals surface area contributed by atoms with Crippen LogP contribution >= 0.6 is 11.3 Å². The average molecular weight is 303 g/mol. The molecule has 3 rings (SSSR count). The number of anilines is 1. The number of amides is 1. The van der Waals surface area contributed by atoms with Crippen molar-refractivity contribution in [1.82, 2.24) is 9.88 Å². The van der Waals surface area contributed by atoms with Gasteiger partial charge in [-0.2, -0.15) is 0 Å². The average Bonchev–Trinajstić information content (AvgIpc) is 2.91. The fraction of sp³-hybridized carbons (Fsp3) is 0.500. The molecule has 1 aromatic carbocycles. The summed E-state index contributed by atoms with van der Waals surface area (Å²) in [5.41, 5.74) is 1.09. The first-order chi connectivity index (χ1) is 10.1. The third-order valence-corrected chi connectivity index (χ3v) is 5.23. The minimum absolute atomic E-state index is 0.244. The van der Waals surface area contributed by atoms with Crippen molar-refractivity contribution in [3.8, 4) is 0 Å². The van der Waals surface area contributed by atoms with Gasteiger partial charge < -0.3 is 9.80 Å². The van der Waals surface area contributed by atoms with Crippen LogP contribution in [-0.2, 0) is 4.79 Å². The molecule has 1 saturated heterocycles. The van der Waals surface area contributed by atoms with Crippen LogP contribution in [0.4, 0.5) is 5.13 Å². The van der Waals surface area contributed by atoms with Crippen LogP contribution in [0, 0.1) is 5.92 Å². The van der Waals surface area contributed by atoms with Crippen molar-refractivity contribution in [3.05, 3.63) is 24.3 Å². The SMILES string of the molecule is CN(C)C(=O)CC1CCN(c2nc3ccccc3s2)CC1. The van der Waals surface area contributed by atoms with E-state index in [4.69, 9.17) is 4.98 Å². The molecule has 0 radical (unpaired) electrons. The smallest absolute Gasteiger partial charge is 0.222 e. The molecule has 2 aromatic rings. The van der Waals surface area contributed by atoms with Gasteiger partial charge in [-0.15, -0.1) is 0 Å². The Kier molecular flexibility index (Phi) is 4.10. The Hall–Kier alpha value is -1.62. The van der Waals surface area contributed by atoms with Crippen LogP contribution < -0.4 is 4.90 Å². The molecule has 0 N–H and O–H groups in total. The Balaban J connectivity index is 1.61.